The van der Waals surface area contributed by atoms with Crippen LogP contribution in [-0.2, 0) is 0 Å². The van der Waals surface area contributed by atoms with E-state index in [0.29, 0.717) is 6.04 Å². The van der Waals surface area contributed by atoms with Gasteiger partial charge in [-0.25, -0.2) is 0 Å². The molecule has 0 amide bonds. The van der Waals surface area contributed by atoms with Crippen LogP contribution in [0.15, 0.2) is 97.4 Å². The van der Waals surface area contributed by atoms with E-state index in [2.05, 4.69) is 107 Å². The van der Waals surface area contributed by atoms with Crippen molar-refractivity contribution >= 4 is 27.4 Å². The second kappa shape index (κ2) is 9.47. The van der Waals surface area contributed by atoms with Gasteiger partial charge in [-0.05, 0) is 80.5 Å². The van der Waals surface area contributed by atoms with Crippen molar-refractivity contribution in [2.75, 3.05) is 0 Å². The van der Waals surface area contributed by atoms with E-state index in [1.54, 1.807) is 0 Å². The van der Waals surface area contributed by atoms with Gasteiger partial charge in [-0.2, -0.15) is 5.10 Å². The topological polar surface area (TPSA) is 69.4 Å². The minimum atomic E-state index is 0.332. The third-order valence-electron chi connectivity index (χ3n) is 6.05. The van der Waals surface area contributed by atoms with Crippen molar-refractivity contribution in [2.45, 2.75) is 26.8 Å². The maximum Gasteiger partial charge on any atom is 0.116 e. The van der Waals surface area contributed by atoms with Gasteiger partial charge in [0.2, 0.25) is 0 Å². The highest BCUT2D eigenvalue weighted by molar-refractivity contribution is 6.01. The summed E-state index contributed by atoms with van der Waals surface area (Å²) < 4.78 is 0. The van der Waals surface area contributed by atoms with Gasteiger partial charge < -0.3 is 10.3 Å². The summed E-state index contributed by atoms with van der Waals surface area (Å²) in [5, 5.41) is 13.5. The fourth-order valence-electron chi connectivity index (χ4n) is 4.42. The molecule has 5 nitrogen and oxygen atoms in total. The number of aromatic amines is 2. The molecule has 0 unspecified atom stereocenters. The predicted octanol–water partition coefficient (Wildman–Crippen LogP) is 7.24. The van der Waals surface area contributed by atoms with Crippen molar-refractivity contribution < 1.29 is 0 Å². The molecule has 0 fully saturated rings. The van der Waals surface area contributed by atoms with E-state index >= 15 is 0 Å². The van der Waals surface area contributed by atoms with Crippen molar-refractivity contribution in [2.24, 2.45) is 0 Å². The number of rotatable bonds is 7. The molecule has 0 aliphatic rings. The number of aromatic nitrogens is 4. The Morgan fingerprint density at radius 1 is 1.00 bits per heavy atom. The van der Waals surface area contributed by atoms with Gasteiger partial charge in [0.1, 0.15) is 5.69 Å². The highest BCUT2D eigenvalue weighted by Gasteiger charge is 2.15. The molecular formula is C30H29N5. The van der Waals surface area contributed by atoms with Gasteiger partial charge in [0.25, 0.3) is 0 Å². The molecule has 0 bridgehead atoms. The largest absolute Gasteiger partial charge is 0.383 e. The van der Waals surface area contributed by atoms with Gasteiger partial charge in [-0.3, -0.25) is 10.1 Å². The quantitative estimate of drug-likeness (QED) is 0.225. The Labute approximate surface area is 205 Å². The summed E-state index contributed by atoms with van der Waals surface area (Å²) in [7, 11) is 0. The van der Waals surface area contributed by atoms with Gasteiger partial charge in [0.15, 0.2) is 0 Å². The molecule has 0 saturated heterocycles. The SMILES string of the molecule is C=C/C(=C\C(=C/C)c1ccc2[nH]nc(-c3cc4c(-c5ccccn5)cccc4[nH]3)c2c1)NC(C)C. The summed E-state index contributed by atoms with van der Waals surface area (Å²) in [6.45, 7) is 10.3. The average molecular weight is 460 g/mol. The number of benzene rings is 2. The van der Waals surface area contributed by atoms with Crippen LogP contribution in [0, 0.1) is 0 Å². The number of pyridine rings is 1. The summed E-state index contributed by atoms with van der Waals surface area (Å²) >= 11 is 0. The van der Waals surface area contributed by atoms with E-state index in [0.717, 1.165) is 61.3 Å². The lowest BCUT2D eigenvalue weighted by Crippen LogP contribution is -2.20. The normalized spacial score (nSPS) is 12.6. The summed E-state index contributed by atoms with van der Waals surface area (Å²) in [5.41, 5.74) is 9.22. The first-order chi connectivity index (χ1) is 17.1. The molecular weight excluding hydrogens is 430 g/mol. The van der Waals surface area contributed by atoms with Crippen molar-refractivity contribution in [3.8, 4) is 22.6 Å². The maximum atomic E-state index is 4.67. The zero-order valence-electron chi connectivity index (χ0n) is 20.3. The van der Waals surface area contributed by atoms with Crippen LogP contribution >= 0.6 is 0 Å². The number of fused-ring (bicyclic) bond motifs is 2. The molecule has 5 heteroatoms. The molecule has 35 heavy (non-hydrogen) atoms. The Hall–Kier alpha value is -4.38. The first-order valence-corrected chi connectivity index (χ1v) is 11.9. The Morgan fingerprint density at radius 3 is 2.63 bits per heavy atom. The molecule has 0 saturated carbocycles. The van der Waals surface area contributed by atoms with Crippen LogP contribution < -0.4 is 5.32 Å². The standard InChI is InChI=1S/C30H29N5/c1-5-20(16-22(6-2)32-19(3)4)21-13-14-28-25(17-21)30(35-34-28)29-18-24-23(10-9-12-27(24)33-29)26-11-7-8-15-31-26/h5-19,32-33H,2H2,1,3-4H3,(H,34,35)/b20-5+,22-16+. The third kappa shape index (κ3) is 4.41. The van der Waals surface area contributed by atoms with Crippen molar-refractivity contribution in [3.63, 3.8) is 0 Å². The summed E-state index contributed by atoms with van der Waals surface area (Å²) in [5.74, 6) is 0. The van der Waals surface area contributed by atoms with Gasteiger partial charge in [-0.1, -0.05) is 36.9 Å². The van der Waals surface area contributed by atoms with Gasteiger partial charge in [0, 0.05) is 39.8 Å². The smallest absolute Gasteiger partial charge is 0.116 e. The Bertz CT molecular complexity index is 1560. The fraction of sp³-hybridized carbons (Fsp3) is 0.133. The van der Waals surface area contributed by atoms with Crippen molar-refractivity contribution in [1.82, 2.24) is 25.5 Å². The van der Waals surface area contributed by atoms with Crippen LogP contribution in [0.2, 0.25) is 0 Å². The Kier molecular flexibility index (Phi) is 6.06. The highest BCUT2D eigenvalue weighted by Crippen LogP contribution is 2.34. The molecule has 0 aliphatic heterocycles. The van der Waals surface area contributed by atoms with Gasteiger partial charge >= 0.3 is 0 Å². The number of nitrogens with zero attached hydrogens (tertiary/aromatic N) is 2. The lowest BCUT2D eigenvalue weighted by atomic mass is 10.0. The molecule has 0 spiro atoms. The van der Waals surface area contributed by atoms with Gasteiger partial charge in [-0.15, -0.1) is 0 Å². The molecule has 3 aromatic heterocycles. The van der Waals surface area contributed by atoms with Crippen LogP contribution in [0.5, 0.6) is 0 Å². The summed E-state index contributed by atoms with van der Waals surface area (Å²) in [4.78, 5) is 8.12. The van der Waals surface area contributed by atoms with E-state index in [9.17, 15) is 0 Å². The summed E-state index contributed by atoms with van der Waals surface area (Å²) in [6, 6.07) is 21.1. The van der Waals surface area contributed by atoms with E-state index < -0.39 is 0 Å². The fourth-order valence-corrected chi connectivity index (χ4v) is 4.42. The zero-order valence-corrected chi connectivity index (χ0v) is 20.3. The third-order valence-corrected chi connectivity index (χ3v) is 6.05. The monoisotopic (exact) mass is 459 g/mol. The number of H-pyrrole nitrogens is 2. The zero-order chi connectivity index (χ0) is 24.4. The Balaban J connectivity index is 1.59. The van der Waals surface area contributed by atoms with Crippen LogP contribution in [-0.4, -0.2) is 26.2 Å². The molecule has 5 rings (SSSR count). The summed E-state index contributed by atoms with van der Waals surface area (Å²) in [6.07, 6.45) is 7.94. The molecule has 2 aromatic carbocycles. The number of nitrogens with one attached hydrogen (secondary N) is 3. The van der Waals surface area contributed by atoms with Crippen LogP contribution in [0.3, 0.4) is 0 Å². The van der Waals surface area contributed by atoms with Gasteiger partial charge in [0.05, 0.1) is 16.9 Å². The lowest BCUT2D eigenvalue weighted by Gasteiger charge is -2.12. The van der Waals surface area contributed by atoms with Crippen molar-refractivity contribution in [3.05, 3.63) is 103 Å². The molecule has 3 N–H and O–H groups in total. The molecule has 0 radical (unpaired) electrons. The second-order valence-corrected chi connectivity index (χ2v) is 8.84. The van der Waals surface area contributed by atoms with Crippen molar-refractivity contribution in [1.29, 1.82) is 0 Å². The number of hydrogen-bond donors (Lipinski definition) is 3. The molecule has 5 aromatic rings. The van der Waals surface area contributed by atoms with Crippen LogP contribution in [0.1, 0.15) is 26.3 Å². The minimum Gasteiger partial charge on any atom is -0.383 e. The van der Waals surface area contributed by atoms with E-state index in [-0.39, 0.29) is 0 Å². The highest BCUT2D eigenvalue weighted by atomic mass is 15.1. The molecule has 3 heterocycles. The second-order valence-electron chi connectivity index (χ2n) is 8.84. The number of hydrogen-bond acceptors (Lipinski definition) is 3. The minimum absolute atomic E-state index is 0.332. The maximum absolute atomic E-state index is 4.67. The van der Waals surface area contributed by atoms with Crippen LogP contribution in [0.25, 0.3) is 50.0 Å². The average Bonchev–Trinajstić information content (AvgIpc) is 3.50. The predicted molar refractivity (Wildman–Crippen MR) is 147 cm³/mol. The molecule has 0 aliphatic carbocycles. The lowest BCUT2D eigenvalue weighted by molar-refractivity contribution is 0.682. The van der Waals surface area contributed by atoms with Crippen LogP contribution in [0.4, 0.5) is 0 Å². The molecule has 0 atom stereocenters. The number of allylic oxidation sites excluding steroid dienone is 4. The Morgan fingerprint density at radius 2 is 1.89 bits per heavy atom. The van der Waals surface area contributed by atoms with E-state index in [4.69, 9.17) is 0 Å². The molecule has 174 valence electrons. The van der Waals surface area contributed by atoms with E-state index in [1.165, 1.54) is 0 Å². The first kappa shape index (κ1) is 22.4. The first-order valence-electron chi connectivity index (χ1n) is 11.9. The van der Waals surface area contributed by atoms with E-state index in [1.807, 2.05) is 30.5 Å².